The number of aromatic amines is 1. The fourth-order valence-corrected chi connectivity index (χ4v) is 1.54. The van der Waals surface area contributed by atoms with Gasteiger partial charge in [-0.2, -0.15) is 15.4 Å². The second-order valence-electron chi connectivity index (χ2n) is 2.66. The van der Waals surface area contributed by atoms with E-state index in [1.54, 1.807) is 22.6 Å². The van der Waals surface area contributed by atoms with Crippen molar-refractivity contribution in [3.05, 3.63) is 36.0 Å². The third-order valence-corrected chi connectivity index (χ3v) is 2.29. The summed E-state index contributed by atoms with van der Waals surface area (Å²) in [5, 5.41) is 10.2. The van der Waals surface area contributed by atoms with Crippen LogP contribution in [0.5, 0.6) is 0 Å². The Morgan fingerprint density at radius 2 is 1.93 bits per heavy atom. The molecule has 2 rings (SSSR count). The van der Waals surface area contributed by atoms with Gasteiger partial charge in [0, 0.05) is 28.2 Å². The molecule has 0 radical (unpaired) electrons. The Morgan fingerprint density at radius 1 is 1.21 bits per heavy atom. The molecule has 1 aromatic carbocycles. The molecule has 5 heteroatoms. The molecule has 0 unspecified atom stereocenters. The first-order chi connectivity index (χ1) is 6.79. The summed E-state index contributed by atoms with van der Waals surface area (Å²) < 4.78 is -0.116. The molecule has 0 aliphatic rings. The van der Waals surface area contributed by atoms with E-state index in [-0.39, 0.29) is 3.79 Å². The minimum atomic E-state index is -0.116. The number of carbonyl (C=O) groups is 1. The number of hydrogen-bond donors (Lipinski definition) is 1. The number of halogens is 1. The Bertz CT molecular complexity index is 452. The molecule has 0 spiro atoms. The van der Waals surface area contributed by atoms with Crippen LogP contribution in [0, 0.1) is 0 Å². The van der Waals surface area contributed by atoms with Crippen molar-refractivity contribution in [1.29, 1.82) is 0 Å². The van der Waals surface area contributed by atoms with Gasteiger partial charge in [0.25, 0.3) is 0 Å². The van der Waals surface area contributed by atoms with E-state index >= 15 is 0 Å². The molecule has 1 heterocycles. The predicted octanol–water partition coefficient (Wildman–Crippen LogP) is 2.05. The summed E-state index contributed by atoms with van der Waals surface area (Å²) in [6.07, 6.45) is 0. The van der Waals surface area contributed by atoms with Gasteiger partial charge in [-0.25, -0.2) is 0 Å². The number of H-pyrrole nitrogens is 1. The highest BCUT2D eigenvalue weighted by Crippen LogP contribution is 2.20. The quantitative estimate of drug-likeness (QED) is 0.682. The summed E-state index contributed by atoms with van der Waals surface area (Å²) in [6, 6.07) is 9.48. The maximum absolute atomic E-state index is 11.2. The number of nitrogens with zero attached hydrogens (tertiary/aromatic N) is 2. The van der Waals surface area contributed by atoms with Crippen molar-refractivity contribution in [3.8, 4) is 11.3 Å². The second kappa shape index (κ2) is 3.87. The SMILES string of the molecule is O=C(I)c1n[nH]nc1-c1ccccc1. The monoisotopic (exact) mass is 299 g/mol. The molecule has 0 saturated heterocycles. The van der Waals surface area contributed by atoms with Gasteiger partial charge in [-0.1, -0.05) is 30.3 Å². The van der Waals surface area contributed by atoms with E-state index < -0.39 is 0 Å². The summed E-state index contributed by atoms with van der Waals surface area (Å²) in [7, 11) is 0. The van der Waals surface area contributed by atoms with E-state index in [2.05, 4.69) is 15.4 Å². The molecule has 0 amide bonds. The number of carbonyl (C=O) groups excluding carboxylic acids is 1. The molecule has 0 fully saturated rings. The minimum Gasteiger partial charge on any atom is -0.280 e. The van der Waals surface area contributed by atoms with Crippen LogP contribution in [0.25, 0.3) is 11.3 Å². The summed E-state index contributed by atoms with van der Waals surface area (Å²) in [5.41, 5.74) is 1.86. The van der Waals surface area contributed by atoms with Gasteiger partial charge in [-0.05, 0) is 0 Å². The molecule has 14 heavy (non-hydrogen) atoms. The van der Waals surface area contributed by atoms with Gasteiger partial charge in [0.1, 0.15) is 5.69 Å². The minimum absolute atomic E-state index is 0.116. The lowest BCUT2D eigenvalue weighted by Gasteiger charge is -1.95. The van der Waals surface area contributed by atoms with Crippen LogP contribution >= 0.6 is 22.6 Å². The molecule has 0 saturated carbocycles. The number of benzene rings is 1. The van der Waals surface area contributed by atoms with Crippen LogP contribution in [0.3, 0.4) is 0 Å². The fraction of sp³-hybridized carbons (Fsp3) is 0. The highest BCUT2D eigenvalue weighted by atomic mass is 127. The zero-order valence-electron chi connectivity index (χ0n) is 7.07. The maximum atomic E-state index is 11.2. The van der Waals surface area contributed by atoms with Crippen molar-refractivity contribution < 1.29 is 4.79 Å². The first kappa shape index (κ1) is 9.32. The van der Waals surface area contributed by atoms with E-state index in [4.69, 9.17) is 0 Å². The average molecular weight is 299 g/mol. The molecule has 1 N–H and O–H groups in total. The zero-order valence-corrected chi connectivity index (χ0v) is 9.22. The molecule has 0 bridgehead atoms. The van der Waals surface area contributed by atoms with Gasteiger partial charge in [-0.15, -0.1) is 0 Å². The standard InChI is InChI=1S/C9H6IN3O/c10-9(14)8-7(11-13-12-8)6-4-2-1-3-5-6/h1-5H,(H,11,12,13). The molecule has 2 aromatic rings. The number of aromatic nitrogens is 3. The van der Waals surface area contributed by atoms with Crippen molar-refractivity contribution in [3.63, 3.8) is 0 Å². The molecular formula is C9H6IN3O. The summed E-state index contributed by atoms with van der Waals surface area (Å²) in [6.45, 7) is 0. The van der Waals surface area contributed by atoms with Gasteiger partial charge in [0.2, 0.25) is 3.79 Å². The molecule has 0 aliphatic carbocycles. The largest absolute Gasteiger partial charge is 0.280 e. The van der Waals surface area contributed by atoms with Gasteiger partial charge in [0.05, 0.1) is 0 Å². The van der Waals surface area contributed by atoms with Crippen molar-refractivity contribution in [2.45, 2.75) is 0 Å². The van der Waals surface area contributed by atoms with E-state index in [0.717, 1.165) is 5.56 Å². The third-order valence-electron chi connectivity index (χ3n) is 1.78. The lowest BCUT2D eigenvalue weighted by Crippen LogP contribution is -1.91. The van der Waals surface area contributed by atoms with Crippen LogP contribution in [0.15, 0.2) is 30.3 Å². The van der Waals surface area contributed by atoms with Gasteiger partial charge < -0.3 is 0 Å². The van der Waals surface area contributed by atoms with E-state index in [9.17, 15) is 4.79 Å². The van der Waals surface area contributed by atoms with Crippen LogP contribution in [0.4, 0.5) is 0 Å². The first-order valence-electron chi connectivity index (χ1n) is 3.95. The Labute approximate surface area is 93.9 Å². The third kappa shape index (κ3) is 1.67. The van der Waals surface area contributed by atoms with Crippen molar-refractivity contribution in [2.24, 2.45) is 0 Å². The van der Waals surface area contributed by atoms with E-state index in [1.807, 2.05) is 30.3 Å². The van der Waals surface area contributed by atoms with Gasteiger partial charge in [0.15, 0.2) is 5.69 Å². The summed E-state index contributed by atoms with van der Waals surface area (Å²) in [4.78, 5) is 11.2. The van der Waals surface area contributed by atoms with Crippen LogP contribution in [0.1, 0.15) is 10.5 Å². The Hall–Kier alpha value is -1.24. The van der Waals surface area contributed by atoms with Crippen LogP contribution in [-0.4, -0.2) is 19.2 Å². The zero-order chi connectivity index (χ0) is 9.97. The average Bonchev–Trinajstić information content (AvgIpc) is 2.67. The van der Waals surface area contributed by atoms with Crippen LogP contribution < -0.4 is 0 Å². The molecule has 4 nitrogen and oxygen atoms in total. The second-order valence-corrected chi connectivity index (χ2v) is 3.64. The van der Waals surface area contributed by atoms with E-state index in [1.165, 1.54) is 0 Å². The highest BCUT2D eigenvalue weighted by molar-refractivity contribution is 14.1. The number of rotatable bonds is 2. The Morgan fingerprint density at radius 3 is 2.57 bits per heavy atom. The number of nitrogens with one attached hydrogen (secondary N) is 1. The summed E-state index contributed by atoms with van der Waals surface area (Å²) >= 11 is 1.70. The maximum Gasteiger partial charge on any atom is 0.244 e. The van der Waals surface area contributed by atoms with Gasteiger partial charge in [-0.3, -0.25) is 4.79 Å². The predicted molar refractivity (Wildman–Crippen MR) is 60.2 cm³/mol. The topological polar surface area (TPSA) is 58.6 Å². The lowest BCUT2D eigenvalue weighted by atomic mass is 10.1. The van der Waals surface area contributed by atoms with Crippen molar-refractivity contribution in [1.82, 2.24) is 15.4 Å². The Kier molecular flexibility index (Phi) is 2.58. The lowest BCUT2D eigenvalue weighted by molar-refractivity contribution is 0.110. The molecule has 0 aliphatic heterocycles. The number of hydrogen-bond acceptors (Lipinski definition) is 3. The first-order valence-corrected chi connectivity index (χ1v) is 5.03. The van der Waals surface area contributed by atoms with Crippen molar-refractivity contribution >= 4 is 26.4 Å². The molecular weight excluding hydrogens is 293 g/mol. The molecule has 1 aromatic heterocycles. The highest BCUT2D eigenvalue weighted by Gasteiger charge is 2.14. The van der Waals surface area contributed by atoms with Crippen LogP contribution in [-0.2, 0) is 0 Å². The van der Waals surface area contributed by atoms with Crippen LogP contribution in [0.2, 0.25) is 0 Å². The van der Waals surface area contributed by atoms with Crippen molar-refractivity contribution in [2.75, 3.05) is 0 Å². The smallest absolute Gasteiger partial charge is 0.244 e. The normalized spacial score (nSPS) is 10.1. The van der Waals surface area contributed by atoms with Gasteiger partial charge >= 0.3 is 0 Å². The summed E-state index contributed by atoms with van der Waals surface area (Å²) in [5.74, 6) is 0. The van der Waals surface area contributed by atoms with E-state index in [0.29, 0.717) is 11.4 Å². The molecule has 0 atom stereocenters. The molecule has 70 valence electrons. The Balaban J connectivity index is 2.52. The fourth-order valence-electron chi connectivity index (χ4n) is 1.17.